The van der Waals surface area contributed by atoms with Crippen LogP contribution in [0.3, 0.4) is 0 Å². The molecule has 92 valence electrons. The Labute approximate surface area is 105 Å². The van der Waals surface area contributed by atoms with Crippen molar-refractivity contribution in [3.05, 3.63) is 28.8 Å². The van der Waals surface area contributed by atoms with Gasteiger partial charge in [0.15, 0.2) is 0 Å². The average molecular weight is 254 g/mol. The van der Waals surface area contributed by atoms with Crippen molar-refractivity contribution in [3.63, 3.8) is 0 Å². The summed E-state index contributed by atoms with van der Waals surface area (Å²) in [7, 11) is 0. The summed E-state index contributed by atoms with van der Waals surface area (Å²) in [5.74, 6) is 0.0126. The number of nitrogens with zero attached hydrogens (tertiary/aromatic N) is 1. The smallest absolute Gasteiger partial charge is 0.122 e. The predicted octanol–water partition coefficient (Wildman–Crippen LogP) is 1.59. The van der Waals surface area contributed by atoms with Crippen molar-refractivity contribution in [3.8, 4) is 0 Å². The first kappa shape index (κ1) is 12.2. The summed E-state index contributed by atoms with van der Waals surface area (Å²) in [6.45, 7) is 1.05. The normalized spacial score (nSPS) is 19.6. The standard InChI is InChI=1S/C12H16ClN3O/c13-10-6-8(12(14)15)3-4-11(10)16-5-1-2-9(16)7-17/h3-4,6,9,17H,1-2,5,7H2,(H3,14,15). The van der Waals surface area contributed by atoms with E-state index in [1.165, 1.54) is 0 Å². The van der Waals surface area contributed by atoms with Crippen LogP contribution in [0.15, 0.2) is 18.2 Å². The van der Waals surface area contributed by atoms with Crippen LogP contribution in [0.2, 0.25) is 5.02 Å². The van der Waals surface area contributed by atoms with Crippen molar-refractivity contribution in [2.75, 3.05) is 18.1 Å². The van der Waals surface area contributed by atoms with Crippen LogP contribution in [0.4, 0.5) is 5.69 Å². The van der Waals surface area contributed by atoms with E-state index in [1.54, 1.807) is 12.1 Å². The molecule has 1 aliphatic rings. The summed E-state index contributed by atoms with van der Waals surface area (Å²) in [6.07, 6.45) is 2.05. The highest BCUT2D eigenvalue weighted by Crippen LogP contribution is 2.32. The summed E-state index contributed by atoms with van der Waals surface area (Å²) < 4.78 is 0. The topological polar surface area (TPSA) is 73.3 Å². The van der Waals surface area contributed by atoms with Gasteiger partial charge in [-0.3, -0.25) is 5.41 Å². The number of rotatable bonds is 3. The van der Waals surface area contributed by atoms with Crippen molar-refractivity contribution in [2.45, 2.75) is 18.9 Å². The minimum Gasteiger partial charge on any atom is -0.394 e. The Morgan fingerprint density at radius 1 is 1.59 bits per heavy atom. The number of nitrogen functional groups attached to an aromatic ring is 1. The van der Waals surface area contributed by atoms with Crippen LogP contribution >= 0.6 is 11.6 Å². The fourth-order valence-electron chi connectivity index (χ4n) is 2.25. The molecular weight excluding hydrogens is 238 g/mol. The molecule has 0 saturated carbocycles. The van der Waals surface area contributed by atoms with E-state index in [0.717, 1.165) is 25.1 Å². The van der Waals surface area contributed by atoms with Gasteiger partial charge < -0.3 is 15.7 Å². The number of benzene rings is 1. The van der Waals surface area contributed by atoms with Gasteiger partial charge in [0, 0.05) is 12.1 Å². The van der Waals surface area contributed by atoms with E-state index < -0.39 is 0 Å². The average Bonchev–Trinajstić information content (AvgIpc) is 2.76. The second kappa shape index (κ2) is 4.94. The lowest BCUT2D eigenvalue weighted by molar-refractivity contribution is 0.266. The molecule has 4 nitrogen and oxygen atoms in total. The number of nitrogens with one attached hydrogen (secondary N) is 1. The number of hydrogen-bond acceptors (Lipinski definition) is 3. The Hall–Kier alpha value is -1.26. The molecule has 0 aromatic heterocycles. The number of amidine groups is 1. The fraction of sp³-hybridized carbons (Fsp3) is 0.417. The molecule has 1 aromatic rings. The summed E-state index contributed by atoms with van der Waals surface area (Å²) in [4.78, 5) is 2.12. The molecule has 0 amide bonds. The SMILES string of the molecule is N=C(N)c1ccc(N2CCCC2CO)c(Cl)c1. The molecule has 1 unspecified atom stereocenters. The van der Waals surface area contributed by atoms with Crippen molar-refractivity contribution >= 4 is 23.1 Å². The first-order valence-corrected chi connectivity index (χ1v) is 6.02. The van der Waals surface area contributed by atoms with Gasteiger partial charge in [0.1, 0.15) is 5.84 Å². The largest absolute Gasteiger partial charge is 0.394 e. The maximum absolute atomic E-state index is 9.29. The molecular formula is C12H16ClN3O. The van der Waals surface area contributed by atoms with Gasteiger partial charge in [-0.1, -0.05) is 11.6 Å². The number of nitrogens with two attached hydrogens (primary N) is 1. The van der Waals surface area contributed by atoms with Crippen LogP contribution in [0.1, 0.15) is 18.4 Å². The zero-order valence-corrected chi connectivity index (χ0v) is 10.2. The highest BCUT2D eigenvalue weighted by atomic mass is 35.5. The first-order valence-electron chi connectivity index (χ1n) is 5.65. The van der Waals surface area contributed by atoms with Crippen molar-refractivity contribution in [1.29, 1.82) is 5.41 Å². The zero-order valence-electron chi connectivity index (χ0n) is 9.49. The van der Waals surface area contributed by atoms with Gasteiger partial charge in [0.25, 0.3) is 0 Å². The molecule has 1 atom stereocenters. The summed E-state index contributed by atoms with van der Waals surface area (Å²) in [5.41, 5.74) is 6.94. The molecule has 0 radical (unpaired) electrons. The molecule has 1 aromatic carbocycles. The molecule has 0 aliphatic carbocycles. The van der Waals surface area contributed by atoms with Crippen LogP contribution in [0.25, 0.3) is 0 Å². The first-order chi connectivity index (χ1) is 8.13. The fourth-order valence-corrected chi connectivity index (χ4v) is 2.54. The summed E-state index contributed by atoms with van der Waals surface area (Å²) >= 11 is 6.20. The predicted molar refractivity (Wildman–Crippen MR) is 69.9 cm³/mol. The third-order valence-electron chi connectivity index (χ3n) is 3.16. The van der Waals surface area contributed by atoms with Crippen LogP contribution < -0.4 is 10.6 Å². The Morgan fingerprint density at radius 3 is 2.94 bits per heavy atom. The molecule has 1 aliphatic heterocycles. The number of aliphatic hydroxyl groups is 1. The molecule has 1 saturated heterocycles. The van der Waals surface area contributed by atoms with Gasteiger partial charge in [0.05, 0.1) is 23.4 Å². The number of aliphatic hydroxyl groups excluding tert-OH is 1. The van der Waals surface area contributed by atoms with Crippen LogP contribution in [0, 0.1) is 5.41 Å². The Bertz CT molecular complexity index is 436. The highest BCUT2D eigenvalue weighted by molar-refractivity contribution is 6.33. The maximum atomic E-state index is 9.29. The summed E-state index contributed by atoms with van der Waals surface area (Å²) in [5, 5.41) is 17.2. The van der Waals surface area contributed by atoms with Crippen molar-refractivity contribution in [2.24, 2.45) is 5.73 Å². The minimum absolute atomic E-state index is 0.0126. The molecule has 2 rings (SSSR count). The molecule has 1 fully saturated rings. The van der Waals surface area contributed by atoms with Crippen LogP contribution in [0.5, 0.6) is 0 Å². The number of hydrogen-bond donors (Lipinski definition) is 3. The monoisotopic (exact) mass is 253 g/mol. The van der Waals surface area contributed by atoms with Crippen LogP contribution in [-0.4, -0.2) is 30.1 Å². The van der Waals surface area contributed by atoms with Gasteiger partial charge in [-0.25, -0.2) is 0 Å². The molecule has 0 spiro atoms. The molecule has 17 heavy (non-hydrogen) atoms. The molecule has 4 N–H and O–H groups in total. The second-order valence-corrected chi connectivity index (χ2v) is 4.66. The Morgan fingerprint density at radius 2 is 2.35 bits per heavy atom. The van der Waals surface area contributed by atoms with E-state index in [0.29, 0.717) is 10.6 Å². The van der Waals surface area contributed by atoms with Crippen molar-refractivity contribution < 1.29 is 5.11 Å². The third kappa shape index (κ3) is 2.37. The minimum atomic E-state index is 0.0126. The van der Waals surface area contributed by atoms with E-state index in [9.17, 15) is 5.11 Å². The van der Waals surface area contributed by atoms with E-state index in [4.69, 9.17) is 22.7 Å². The number of anilines is 1. The Balaban J connectivity index is 2.30. The highest BCUT2D eigenvalue weighted by Gasteiger charge is 2.25. The van der Waals surface area contributed by atoms with Gasteiger partial charge in [-0.2, -0.15) is 0 Å². The van der Waals surface area contributed by atoms with Crippen molar-refractivity contribution in [1.82, 2.24) is 0 Å². The second-order valence-electron chi connectivity index (χ2n) is 4.25. The zero-order chi connectivity index (χ0) is 12.4. The van der Waals surface area contributed by atoms with E-state index in [-0.39, 0.29) is 18.5 Å². The van der Waals surface area contributed by atoms with E-state index in [2.05, 4.69) is 4.90 Å². The van der Waals surface area contributed by atoms with Gasteiger partial charge in [0.2, 0.25) is 0 Å². The van der Waals surface area contributed by atoms with Gasteiger partial charge >= 0.3 is 0 Å². The lowest BCUT2D eigenvalue weighted by Gasteiger charge is -2.26. The number of halogens is 1. The van der Waals surface area contributed by atoms with Gasteiger partial charge in [-0.15, -0.1) is 0 Å². The summed E-state index contributed by atoms with van der Waals surface area (Å²) in [6, 6.07) is 5.51. The maximum Gasteiger partial charge on any atom is 0.122 e. The van der Waals surface area contributed by atoms with E-state index >= 15 is 0 Å². The molecule has 5 heteroatoms. The lowest BCUT2D eigenvalue weighted by Crippen LogP contribution is -2.32. The van der Waals surface area contributed by atoms with E-state index in [1.807, 2.05) is 6.07 Å². The van der Waals surface area contributed by atoms with Gasteiger partial charge in [-0.05, 0) is 31.0 Å². The lowest BCUT2D eigenvalue weighted by atomic mass is 10.1. The van der Waals surface area contributed by atoms with Crippen LogP contribution in [-0.2, 0) is 0 Å². The molecule has 0 bridgehead atoms. The Kier molecular flexibility index (Phi) is 3.54. The molecule has 1 heterocycles. The third-order valence-corrected chi connectivity index (χ3v) is 3.46. The quantitative estimate of drug-likeness (QED) is 0.566.